The van der Waals surface area contributed by atoms with Gasteiger partial charge in [0, 0.05) is 36.0 Å². The number of H-pyrrole nitrogens is 1. The number of aromatic amines is 1. The van der Waals surface area contributed by atoms with Crippen LogP contribution in [0.1, 0.15) is 58.4 Å². The van der Waals surface area contributed by atoms with Gasteiger partial charge < -0.3 is 10.0 Å². The Morgan fingerprint density at radius 2 is 1.76 bits per heavy atom. The van der Waals surface area contributed by atoms with Crippen molar-refractivity contribution in [3.05, 3.63) is 60.2 Å². The number of carbonyl (C=O) groups excluding carboxylic acids is 1. The molecule has 0 bridgehead atoms. The molecule has 0 aliphatic rings. The Labute approximate surface area is 222 Å². The lowest BCUT2D eigenvalue weighted by Gasteiger charge is -2.34. The number of benzene rings is 2. The molecule has 1 amide bonds. The van der Waals surface area contributed by atoms with Crippen LogP contribution in [0, 0.1) is 5.41 Å². The highest BCUT2D eigenvalue weighted by Gasteiger charge is 2.38. The molecule has 198 valence electrons. The Morgan fingerprint density at radius 1 is 1.00 bits per heavy atom. The van der Waals surface area contributed by atoms with Crippen molar-refractivity contribution in [2.24, 2.45) is 5.41 Å². The SMILES string of the molecule is CCCCC(=O)N(Cc1ccc2nc(-c3ccccc3-c3nnn[nH]3)ccc2c1)CC(CC)(CC)C(=O)O. The number of aromatic nitrogens is 5. The number of aliphatic carboxylic acids is 1. The molecule has 0 atom stereocenters. The summed E-state index contributed by atoms with van der Waals surface area (Å²) in [5.74, 6) is -0.291. The van der Waals surface area contributed by atoms with Crippen LogP contribution in [-0.4, -0.2) is 54.0 Å². The van der Waals surface area contributed by atoms with Crippen LogP contribution in [0.3, 0.4) is 0 Å². The first kappa shape index (κ1) is 26.9. The number of amides is 1. The highest BCUT2D eigenvalue weighted by Crippen LogP contribution is 2.31. The lowest BCUT2D eigenvalue weighted by molar-refractivity contribution is -0.152. The third-order valence-corrected chi connectivity index (χ3v) is 7.33. The van der Waals surface area contributed by atoms with E-state index in [9.17, 15) is 14.7 Å². The number of hydrogen-bond donors (Lipinski definition) is 2. The summed E-state index contributed by atoms with van der Waals surface area (Å²) in [6.07, 6.45) is 3.03. The number of nitrogens with zero attached hydrogens (tertiary/aromatic N) is 5. The molecule has 0 unspecified atom stereocenters. The molecule has 2 N–H and O–H groups in total. The molecule has 9 heteroatoms. The zero-order valence-corrected chi connectivity index (χ0v) is 22.1. The maximum absolute atomic E-state index is 13.1. The summed E-state index contributed by atoms with van der Waals surface area (Å²) in [5, 5.41) is 25.1. The molecule has 0 radical (unpaired) electrons. The maximum Gasteiger partial charge on any atom is 0.311 e. The highest BCUT2D eigenvalue weighted by molar-refractivity contribution is 5.86. The van der Waals surface area contributed by atoms with Crippen LogP contribution in [0.15, 0.2) is 54.6 Å². The van der Waals surface area contributed by atoms with Crippen LogP contribution in [-0.2, 0) is 16.1 Å². The van der Waals surface area contributed by atoms with E-state index in [4.69, 9.17) is 4.98 Å². The van der Waals surface area contributed by atoms with Gasteiger partial charge in [-0.3, -0.25) is 9.59 Å². The molecule has 9 nitrogen and oxygen atoms in total. The van der Waals surface area contributed by atoms with Gasteiger partial charge in [0.2, 0.25) is 5.91 Å². The van der Waals surface area contributed by atoms with Gasteiger partial charge in [-0.15, -0.1) is 5.10 Å². The largest absolute Gasteiger partial charge is 0.481 e. The number of carboxylic acid groups (broad SMARTS) is 1. The number of carbonyl (C=O) groups is 2. The number of fused-ring (bicyclic) bond motifs is 1. The summed E-state index contributed by atoms with van der Waals surface area (Å²) in [7, 11) is 0. The van der Waals surface area contributed by atoms with Crippen molar-refractivity contribution in [3.63, 3.8) is 0 Å². The van der Waals surface area contributed by atoms with E-state index in [-0.39, 0.29) is 12.5 Å². The summed E-state index contributed by atoms with van der Waals surface area (Å²) < 4.78 is 0. The van der Waals surface area contributed by atoms with E-state index in [1.165, 1.54) is 0 Å². The smallest absolute Gasteiger partial charge is 0.311 e. The quantitative estimate of drug-likeness (QED) is 0.256. The summed E-state index contributed by atoms with van der Waals surface area (Å²) in [6.45, 7) is 6.35. The van der Waals surface area contributed by atoms with Gasteiger partial charge in [-0.2, -0.15) is 0 Å². The number of nitrogens with one attached hydrogen (secondary N) is 1. The third-order valence-electron chi connectivity index (χ3n) is 7.33. The van der Waals surface area contributed by atoms with Gasteiger partial charge in [0.1, 0.15) is 0 Å². The van der Waals surface area contributed by atoms with E-state index in [1.807, 2.05) is 75.4 Å². The average Bonchev–Trinajstić information content (AvgIpc) is 3.48. The zero-order valence-electron chi connectivity index (χ0n) is 22.1. The normalized spacial score (nSPS) is 11.6. The van der Waals surface area contributed by atoms with Gasteiger partial charge in [-0.1, -0.05) is 63.6 Å². The molecular weight excluding hydrogens is 480 g/mol. The van der Waals surface area contributed by atoms with Crippen molar-refractivity contribution in [2.75, 3.05) is 6.54 Å². The van der Waals surface area contributed by atoms with Gasteiger partial charge in [0.15, 0.2) is 5.82 Å². The van der Waals surface area contributed by atoms with E-state index >= 15 is 0 Å². The molecule has 0 aliphatic carbocycles. The monoisotopic (exact) mass is 514 g/mol. The predicted octanol–water partition coefficient (Wildman–Crippen LogP) is 5.49. The molecule has 38 heavy (non-hydrogen) atoms. The fourth-order valence-electron chi connectivity index (χ4n) is 4.76. The van der Waals surface area contributed by atoms with Crippen LogP contribution in [0.5, 0.6) is 0 Å². The second kappa shape index (κ2) is 11.9. The Hall–Kier alpha value is -4.14. The number of hydrogen-bond acceptors (Lipinski definition) is 6. The maximum atomic E-state index is 13.1. The molecule has 0 spiro atoms. The third kappa shape index (κ3) is 5.72. The Kier molecular flexibility index (Phi) is 8.45. The van der Waals surface area contributed by atoms with Gasteiger partial charge in [0.25, 0.3) is 0 Å². The second-order valence-corrected chi connectivity index (χ2v) is 9.66. The summed E-state index contributed by atoms with van der Waals surface area (Å²) in [5.41, 5.74) is 3.37. The van der Waals surface area contributed by atoms with Crippen LogP contribution in [0.25, 0.3) is 33.5 Å². The molecule has 0 saturated heterocycles. The first-order valence-electron chi connectivity index (χ1n) is 13.1. The summed E-state index contributed by atoms with van der Waals surface area (Å²) in [6, 6.07) is 17.7. The fourth-order valence-corrected chi connectivity index (χ4v) is 4.76. The van der Waals surface area contributed by atoms with Crippen molar-refractivity contribution in [3.8, 4) is 22.6 Å². The zero-order chi connectivity index (χ0) is 27.1. The number of pyridine rings is 1. The highest BCUT2D eigenvalue weighted by atomic mass is 16.4. The van der Waals surface area contributed by atoms with Gasteiger partial charge in [-0.25, -0.2) is 10.1 Å². The first-order chi connectivity index (χ1) is 18.4. The molecular formula is C29H34N6O3. The summed E-state index contributed by atoms with van der Waals surface area (Å²) in [4.78, 5) is 31.9. The average molecular weight is 515 g/mol. The Balaban J connectivity index is 1.63. The molecule has 2 aromatic heterocycles. The lowest BCUT2D eigenvalue weighted by Crippen LogP contribution is -2.44. The number of rotatable bonds is 12. The Bertz CT molecular complexity index is 1400. The van der Waals surface area contributed by atoms with Crippen LogP contribution in [0.4, 0.5) is 0 Å². The molecule has 4 aromatic rings. The predicted molar refractivity (Wildman–Crippen MR) is 146 cm³/mol. The topological polar surface area (TPSA) is 125 Å². The van der Waals surface area contributed by atoms with E-state index in [0.717, 1.165) is 46.1 Å². The van der Waals surface area contributed by atoms with E-state index in [0.29, 0.717) is 31.6 Å². The molecule has 0 fully saturated rings. The van der Waals surface area contributed by atoms with Crippen molar-refractivity contribution in [2.45, 2.75) is 59.4 Å². The molecule has 2 heterocycles. The Morgan fingerprint density at radius 3 is 2.42 bits per heavy atom. The second-order valence-electron chi connectivity index (χ2n) is 9.66. The number of tetrazole rings is 1. The van der Waals surface area contributed by atoms with Crippen molar-refractivity contribution >= 4 is 22.8 Å². The molecule has 4 rings (SSSR count). The minimum Gasteiger partial charge on any atom is -0.481 e. The van der Waals surface area contributed by atoms with Crippen molar-refractivity contribution in [1.82, 2.24) is 30.5 Å². The minimum atomic E-state index is -0.957. The summed E-state index contributed by atoms with van der Waals surface area (Å²) >= 11 is 0. The van der Waals surface area contributed by atoms with E-state index in [1.54, 1.807) is 4.90 Å². The minimum absolute atomic E-state index is 0.00791. The molecule has 2 aromatic carbocycles. The van der Waals surface area contributed by atoms with Crippen molar-refractivity contribution < 1.29 is 14.7 Å². The van der Waals surface area contributed by atoms with Crippen LogP contribution in [0.2, 0.25) is 0 Å². The number of carboxylic acids is 1. The number of unbranched alkanes of at least 4 members (excludes halogenated alkanes) is 1. The van der Waals surface area contributed by atoms with Crippen molar-refractivity contribution in [1.29, 1.82) is 0 Å². The van der Waals surface area contributed by atoms with E-state index in [2.05, 4.69) is 20.6 Å². The van der Waals surface area contributed by atoms with Gasteiger partial charge >= 0.3 is 5.97 Å². The van der Waals surface area contributed by atoms with Crippen LogP contribution < -0.4 is 0 Å². The lowest BCUT2D eigenvalue weighted by atomic mass is 9.81. The first-order valence-corrected chi connectivity index (χ1v) is 13.1. The van der Waals surface area contributed by atoms with Gasteiger partial charge in [0.05, 0.1) is 16.6 Å². The standard InChI is InChI=1S/C29H34N6O3/c1-4-7-12-26(36)35(19-29(5-2,6-3)28(37)38)18-20-13-15-24-21(17-20)14-16-25(30-24)22-10-8-9-11-23(22)27-31-33-34-32-27/h8-11,13-17H,4-7,12,18-19H2,1-3H3,(H,37,38)(H,31,32,33,34). The van der Waals surface area contributed by atoms with Crippen LogP contribution >= 0.6 is 0 Å². The molecule has 0 aliphatic heterocycles. The molecule has 0 saturated carbocycles. The fraction of sp³-hybridized carbons (Fsp3) is 0.379. The van der Waals surface area contributed by atoms with E-state index < -0.39 is 11.4 Å². The van der Waals surface area contributed by atoms with Gasteiger partial charge in [-0.05, 0) is 53.5 Å².